The van der Waals surface area contributed by atoms with E-state index < -0.39 is 0 Å². The van der Waals surface area contributed by atoms with E-state index in [0.29, 0.717) is 12.5 Å². The zero-order chi connectivity index (χ0) is 18.1. The average molecular weight is 372 g/mol. The highest BCUT2D eigenvalue weighted by Crippen LogP contribution is 2.31. The number of amides is 1. The largest absolute Gasteiger partial charge is 0.351 e. The van der Waals surface area contributed by atoms with Crippen molar-refractivity contribution in [2.24, 2.45) is 11.7 Å². The molecule has 7 nitrogen and oxygen atoms in total. The maximum absolute atomic E-state index is 12.6. The van der Waals surface area contributed by atoms with Gasteiger partial charge < -0.3 is 20.9 Å². The third-order valence-electron chi connectivity index (χ3n) is 5.25. The summed E-state index contributed by atoms with van der Waals surface area (Å²) in [6, 6.07) is 0.214. The predicted octanol–water partition coefficient (Wildman–Crippen LogP) is 1.90. The molecule has 4 rings (SSSR count). The summed E-state index contributed by atoms with van der Waals surface area (Å²) in [6.45, 7) is 3.50. The van der Waals surface area contributed by atoms with E-state index >= 15 is 0 Å². The Hall–Kier alpha value is -2.06. The van der Waals surface area contributed by atoms with E-state index in [-0.39, 0.29) is 11.9 Å². The van der Waals surface area contributed by atoms with Crippen molar-refractivity contribution in [1.29, 1.82) is 0 Å². The van der Waals surface area contributed by atoms with Crippen molar-refractivity contribution >= 4 is 34.5 Å². The van der Waals surface area contributed by atoms with Crippen molar-refractivity contribution in [3.8, 4) is 0 Å². The Morgan fingerprint density at radius 3 is 3.15 bits per heavy atom. The van der Waals surface area contributed by atoms with Crippen LogP contribution in [0.15, 0.2) is 23.6 Å². The minimum absolute atomic E-state index is 0.0186. The molecule has 2 aliphatic rings. The molecule has 1 amide bonds. The molecule has 0 aromatic carbocycles. The van der Waals surface area contributed by atoms with E-state index in [2.05, 4.69) is 25.2 Å². The van der Waals surface area contributed by atoms with Gasteiger partial charge in [0.2, 0.25) is 0 Å². The molecule has 1 aliphatic heterocycles. The normalized spacial score (nSPS) is 23.3. The van der Waals surface area contributed by atoms with Crippen LogP contribution in [-0.4, -0.2) is 45.7 Å². The highest BCUT2D eigenvalue weighted by atomic mass is 32.2. The number of fused-ring (bicyclic) bond motifs is 1. The predicted molar refractivity (Wildman–Crippen MR) is 105 cm³/mol. The number of rotatable bonds is 4. The molecule has 3 heterocycles. The summed E-state index contributed by atoms with van der Waals surface area (Å²) in [5, 5.41) is 4.07. The number of H-pyrrole nitrogens is 1. The third-order valence-corrected chi connectivity index (χ3v) is 6.24. The van der Waals surface area contributed by atoms with Gasteiger partial charge in [-0.05, 0) is 31.2 Å². The number of thioether (sulfide) groups is 1. The van der Waals surface area contributed by atoms with Gasteiger partial charge in [-0.1, -0.05) is 6.42 Å². The fourth-order valence-corrected chi connectivity index (χ4v) is 4.65. The summed E-state index contributed by atoms with van der Waals surface area (Å²) in [7, 11) is 0. The van der Waals surface area contributed by atoms with Crippen LogP contribution in [0.4, 0.5) is 5.82 Å². The van der Waals surface area contributed by atoms with Crippen LogP contribution in [-0.2, 0) is 4.79 Å². The highest BCUT2D eigenvalue weighted by Gasteiger charge is 2.26. The van der Waals surface area contributed by atoms with Crippen molar-refractivity contribution in [2.45, 2.75) is 32.2 Å². The quantitative estimate of drug-likeness (QED) is 0.758. The van der Waals surface area contributed by atoms with Gasteiger partial charge in [0.25, 0.3) is 5.91 Å². The molecule has 2 atom stereocenters. The molecule has 0 saturated heterocycles. The molecule has 1 saturated carbocycles. The number of aromatic nitrogens is 3. The zero-order valence-corrected chi connectivity index (χ0v) is 15.7. The Morgan fingerprint density at radius 2 is 2.35 bits per heavy atom. The zero-order valence-electron chi connectivity index (χ0n) is 14.9. The average Bonchev–Trinajstić information content (AvgIpc) is 3.25. The van der Waals surface area contributed by atoms with Crippen molar-refractivity contribution in [3.05, 3.63) is 29.2 Å². The smallest absolute Gasteiger partial charge is 0.259 e. The van der Waals surface area contributed by atoms with Gasteiger partial charge in [-0.25, -0.2) is 9.97 Å². The molecule has 138 valence electrons. The van der Waals surface area contributed by atoms with E-state index in [9.17, 15) is 4.79 Å². The van der Waals surface area contributed by atoms with Crippen LogP contribution in [0.25, 0.3) is 11.0 Å². The molecule has 8 heteroatoms. The molecule has 0 bridgehead atoms. The van der Waals surface area contributed by atoms with Crippen molar-refractivity contribution in [1.82, 2.24) is 20.3 Å². The van der Waals surface area contributed by atoms with Gasteiger partial charge in [0.1, 0.15) is 17.8 Å². The first-order valence-corrected chi connectivity index (χ1v) is 10.1. The number of anilines is 1. The number of hydrogen-bond acceptors (Lipinski definition) is 6. The lowest BCUT2D eigenvalue weighted by Crippen LogP contribution is -2.37. The Bertz CT molecular complexity index is 847. The maximum atomic E-state index is 12.6. The van der Waals surface area contributed by atoms with Gasteiger partial charge in [-0.15, -0.1) is 11.8 Å². The van der Waals surface area contributed by atoms with Crippen LogP contribution in [0.3, 0.4) is 0 Å². The second kappa shape index (κ2) is 7.28. The number of nitrogens with one attached hydrogen (secondary N) is 2. The minimum atomic E-state index is -0.0186. The van der Waals surface area contributed by atoms with E-state index in [1.54, 1.807) is 18.1 Å². The molecule has 1 aliphatic carbocycles. The summed E-state index contributed by atoms with van der Waals surface area (Å²) < 4.78 is 0. The lowest BCUT2D eigenvalue weighted by molar-refractivity contribution is -0.117. The minimum Gasteiger partial charge on any atom is -0.351 e. The van der Waals surface area contributed by atoms with Crippen molar-refractivity contribution < 1.29 is 4.79 Å². The number of hydrogen-bond donors (Lipinski definition) is 3. The standard InChI is InChI=1S/C18H24N6OS/c1-11-7-20-16-15(11)17(23-10-22-16)24-5-6-26-14(9-24)18(25)21-8-12-3-2-4-13(12)19/h7,9-10,12-13H,2-6,8,19H2,1H3,(H,21,25)(H,20,22,23)/t12-,13+/m1/s1. The molecule has 4 N–H and O–H groups in total. The molecular weight excluding hydrogens is 348 g/mol. The van der Waals surface area contributed by atoms with Crippen molar-refractivity contribution in [3.63, 3.8) is 0 Å². The van der Waals surface area contributed by atoms with Gasteiger partial charge in [0.05, 0.1) is 10.3 Å². The lowest BCUT2D eigenvalue weighted by atomic mass is 10.1. The van der Waals surface area contributed by atoms with Gasteiger partial charge >= 0.3 is 0 Å². The second-order valence-electron chi connectivity index (χ2n) is 6.99. The Morgan fingerprint density at radius 1 is 1.46 bits per heavy atom. The van der Waals surface area contributed by atoms with E-state index in [0.717, 1.165) is 58.9 Å². The summed E-state index contributed by atoms with van der Waals surface area (Å²) in [6.07, 6.45) is 8.73. The number of aromatic amines is 1. The van der Waals surface area contributed by atoms with Crippen LogP contribution in [0, 0.1) is 12.8 Å². The van der Waals surface area contributed by atoms with E-state index in [1.165, 1.54) is 0 Å². The van der Waals surface area contributed by atoms with E-state index in [4.69, 9.17) is 5.73 Å². The number of carbonyl (C=O) groups excluding carboxylic acids is 1. The molecule has 0 unspecified atom stereocenters. The third kappa shape index (κ3) is 3.31. The van der Waals surface area contributed by atoms with Gasteiger partial charge in [0.15, 0.2) is 0 Å². The fourth-order valence-electron chi connectivity index (χ4n) is 3.73. The lowest BCUT2D eigenvalue weighted by Gasteiger charge is -2.26. The molecule has 0 spiro atoms. The summed E-state index contributed by atoms with van der Waals surface area (Å²) in [5.41, 5.74) is 8.02. The Balaban J connectivity index is 1.51. The number of nitrogens with two attached hydrogens (primary N) is 1. The number of aryl methyl sites for hydroxylation is 1. The number of carbonyl (C=O) groups is 1. The van der Waals surface area contributed by atoms with Crippen LogP contribution < -0.4 is 16.0 Å². The van der Waals surface area contributed by atoms with Gasteiger partial charge in [-0.2, -0.15) is 0 Å². The fraction of sp³-hybridized carbons (Fsp3) is 0.500. The first-order chi connectivity index (χ1) is 12.6. The van der Waals surface area contributed by atoms with Crippen molar-refractivity contribution in [2.75, 3.05) is 23.7 Å². The van der Waals surface area contributed by atoms with Gasteiger partial charge in [-0.3, -0.25) is 4.79 Å². The summed E-state index contributed by atoms with van der Waals surface area (Å²) >= 11 is 1.59. The first kappa shape index (κ1) is 17.4. The van der Waals surface area contributed by atoms with Crippen LogP contribution in [0.1, 0.15) is 24.8 Å². The number of nitrogens with zero attached hydrogens (tertiary/aromatic N) is 3. The monoisotopic (exact) mass is 372 g/mol. The van der Waals surface area contributed by atoms with Gasteiger partial charge in [0, 0.05) is 37.3 Å². The second-order valence-corrected chi connectivity index (χ2v) is 8.13. The van der Waals surface area contributed by atoms with Crippen LogP contribution in [0.2, 0.25) is 0 Å². The topological polar surface area (TPSA) is 99.9 Å². The Labute approximate surface area is 156 Å². The van der Waals surface area contributed by atoms with Crippen LogP contribution >= 0.6 is 11.8 Å². The summed E-state index contributed by atoms with van der Waals surface area (Å²) in [4.78, 5) is 27.3. The molecule has 2 aromatic rings. The molecule has 0 radical (unpaired) electrons. The molecule has 2 aromatic heterocycles. The molecular formula is C18H24N6OS. The highest BCUT2D eigenvalue weighted by molar-refractivity contribution is 8.04. The first-order valence-electron chi connectivity index (χ1n) is 9.07. The van der Waals surface area contributed by atoms with Crippen LogP contribution in [0.5, 0.6) is 0 Å². The molecule has 26 heavy (non-hydrogen) atoms. The summed E-state index contributed by atoms with van der Waals surface area (Å²) in [5.74, 6) is 2.07. The molecule has 1 fully saturated rings. The Kier molecular flexibility index (Phi) is 4.86. The van der Waals surface area contributed by atoms with E-state index in [1.807, 2.05) is 19.3 Å². The maximum Gasteiger partial charge on any atom is 0.259 e. The SMILES string of the molecule is Cc1c[nH]c2ncnc(N3C=C(C(=O)NC[C@H]4CCC[C@@H]4N)SCC3)c12.